The summed E-state index contributed by atoms with van der Waals surface area (Å²) in [5, 5.41) is 9.99. The number of ether oxygens (including phenoxy) is 1. The topological polar surface area (TPSA) is 59.4 Å². The van der Waals surface area contributed by atoms with Gasteiger partial charge in [0.15, 0.2) is 0 Å². The van der Waals surface area contributed by atoms with Gasteiger partial charge in [-0.3, -0.25) is 0 Å². The molecule has 1 aliphatic rings. The van der Waals surface area contributed by atoms with Crippen molar-refractivity contribution in [1.29, 1.82) is 0 Å². The Hall–Kier alpha value is -0.940. The van der Waals surface area contributed by atoms with Crippen LogP contribution in [0.5, 0.6) is 0 Å². The van der Waals surface area contributed by atoms with Crippen molar-refractivity contribution in [2.24, 2.45) is 0 Å². The van der Waals surface area contributed by atoms with Gasteiger partial charge in [-0.2, -0.15) is 0 Å². The van der Waals surface area contributed by atoms with E-state index in [4.69, 9.17) is 4.74 Å². The van der Waals surface area contributed by atoms with Crippen molar-refractivity contribution in [1.82, 2.24) is 4.98 Å². The van der Waals surface area contributed by atoms with E-state index in [-0.39, 0.29) is 11.5 Å². The molecule has 2 rings (SSSR count). The van der Waals surface area contributed by atoms with E-state index >= 15 is 0 Å². The van der Waals surface area contributed by atoms with Gasteiger partial charge in [0, 0.05) is 6.61 Å². The molecule has 0 amide bonds. The van der Waals surface area contributed by atoms with Crippen LogP contribution in [0.4, 0.5) is 0 Å². The third-order valence-corrected chi connectivity index (χ3v) is 4.37. The highest BCUT2D eigenvalue weighted by Crippen LogP contribution is 2.39. The SMILES string of the molecule is CC(C)c1nc(C2(C)CCCO2)sc1C(=O)O. The first-order valence-electron chi connectivity index (χ1n) is 5.82. The van der Waals surface area contributed by atoms with E-state index in [1.165, 1.54) is 11.3 Å². The molecule has 17 heavy (non-hydrogen) atoms. The number of aromatic nitrogens is 1. The average Bonchev–Trinajstić information content (AvgIpc) is 2.83. The second-order valence-corrected chi connectivity index (χ2v) is 5.88. The number of carboxylic acid groups (broad SMARTS) is 1. The highest BCUT2D eigenvalue weighted by Gasteiger charge is 2.36. The van der Waals surface area contributed by atoms with Crippen molar-refractivity contribution in [3.05, 3.63) is 15.6 Å². The number of rotatable bonds is 3. The van der Waals surface area contributed by atoms with E-state index in [2.05, 4.69) is 4.98 Å². The number of aromatic carboxylic acids is 1. The minimum absolute atomic E-state index is 0.121. The zero-order valence-electron chi connectivity index (χ0n) is 10.3. The van der Waals surface area contributed by atoms with Crippen molar-refractivity contribution >= 4 is 17.3 Å². The van der Waals surface area contributed by atoms with Crippen LogP contribution in [0.3, 0.4) is 0 Å². The van der Waals surface area contributed by atoms with Gasteiger partial charge >= 0.3 is 5.97 Å². The van der Waals surface area contributed by atoms with Crippen LogP contribution in [-0.4, -0.2) is 22.7 Å². The molecule has 4 nitrogen and oxygen atoms in total. The van der Waals surface area contributed by atoms with E-state index in [0.29, 0.717) is 10.6 Å². The second-order valence-electron chi connectivity index (χ2n) is 4.88. The lowest BCUT2D eigenvalue weighted by Crippen LogP contribution is -2.19. The third-order valence-electron chi connectivity index (χ3n) is 3.07. The lowest BCUT2D eigenvalue weighted by atomic mass is 10.0. The summed E-state index contributed by atoms with van der Waals surface area (Å²) in [6, 6.07) is 0. The normalized spacial score (nSPS) is 24.5. The molecule has 1 aromatic heterocycles. The van der Waals surface area contributed by atoms with Gasteiger partial charge in [0.05, 0.1) is 5.69 Å². The maximum Gasteiger partial charge on any atom is 0.347 e. The lowest BCUT2D eigenvalue weighted by Gasteiger charge is -2.19. The summed E-state index contributed by atoms with van der Waals surface area (Å²) in [5.41, 5.74) is 0.288. The molecule has 0 bridgehead atoms. The molecule has 1 unspecified atom stereocenters. The number of carbonyl (C=O) groups is 1. The highest BCUT2D eigenvalue weighted by atomic mass is 32.1. The Balaban J connectivity index is 2.43. The van der Waals surface area contributed by atoms with Gasteiger partial charge in [0.1, 0.15) is 15.5 Å². The minimum atomic E-state index is -0.890. The van der Waals surface area contributed by atoms with Crippen molar-refractivity contribution in [2.45, 2.75) is 45.1 Å². The summed E-state index contributed by atoms with van der Waals surface area (Å²) in [7, 11) is 0. The molecular weight excluding hydrogens is 238 g/mol. The molecule has 1 aromatic rings. The van der Waals surface area contributed by atoms with Crippen molar-refractivity contribution in [3.63, 3.8) is 0 Å². The van der Waals surface area contributed by atoms with Gasteiger partial charge in [-0.05, 0) is 25.7 Å². The molecule has 1 N–H and O–H groups in total. The van der Waals surface area contributed by atoms with Gasteiger partial charge in [0.25, 0.3) is 0 Å². The summed E-state index contributed by atoms with van der Waals surface area (Å²) in [5.74, 6) is -0.768. The first kappa shape index (κ1) is 12.5. The van der Waals surface area contributed by atoms with Crippen LogP contribution in [0.2, 0.25) is 0 Å². The largest absolute Gasteiger partial charge is 0.477 e. The van der Waals surface area contributed by atoms with Crippen molar-refractivity contribution < 1.29 is 14.6 Å². The summed E-state index contributed by atoms with van der Waals surface area (Å²) < 4.78 is 5.71. The van der Waals surface area contributed by atoms with Crippen LogP contribution in [0, 0.1) is 0 Å². The smallest absolute Gasteiger partial charge is 0.347 e. The Labute approximate surface area is 105 Å². The first-order chi connectivity index (χ1) is 7.94. The predicted octanol–water partition coefficient (Wildman–Crippen LogP) is 2.99. The molecule has 5 heteroatoms. The molecule has 1 saturated heterocycles. The number of nitrogens with zero attached hydrogens (tertiary/aromatic N) is 1. The number of carboxylic acids is 1. The Kier molecular flexibility index (Phi) is 3.23. The van der Waals surface area contributed by atoms with Crippen LogP contribution in [0.1, 0.15) is 59.9 Å². The molecule has 1 fully saturated rings. The monoisotopic (exact) mass is 255 g/mol. The molecule has 94 valence electrons. The fourth-order valence-corrected chi connectivity index (χ4v) is 3.24. The lowest BCUT2D eigenvalue weighted by molar-refractivity contribution is 0.0165. The first-order valence-corrected chi connectivity index (χ1v) is 6.64. The summed E-state index contributed by atoms with van der Waals surface area (Å²) in [4.78, 5) is 16.0. The van der Waals surface area contributed by atoms with Gasteiger partial charge in [-0.25, -0.2) is 9.78 Å². The summed E-state index contributed by atoms with van der Waals surface area (Å²) >= 11 is 1.26. The molecule has 1 aliphatic heterocycles. The van der Waals surface area contributed by atoms with Gasteiger partial charge in [0.2, 0.25) is 0 Å². The van der Waals surface area contributed by atoms with E-state index in [1.807, 2.05) is 20.8 Å². The van der Waals surface area contributed by atoms with E-state index in [1.54, 1.807) is 0 Å². The average molecular weight is 255 g/mol. The number of thiazole rings is 1. The Morgan fingerprint density at radius 3 is 2.71 bits per heavy atom. The summed E-state index contributed by atoms with van der Waals surface area (Å²) in [6.07, 6.45) is 1.92. The van der Waals surface area contributed by atoms with Crippen LogP contribution in [0.15, 0.2) is 0 Å². The van der Waals surface area contributed by atoms with Gasteiger partial charge in [-0.1, -0.05) is 13.8 Å². The fourth-order valence-electron chi connectivity index (χ4n) is 2.05. The van der Waals surface area contributed by atoms with E-state index in [0.717, 1.165) is 24.5 Å². The van der Waals surface area contributed by atoms with Crippen LogP contribution in [-0.2, 0) is 10.3 Å². The molecular formula is C12H17NO3S. The molecule has 0 spiro atoms. The van der Waals surface area contributed by atoms with Crippen LogP contribution in [0.25, 0.3) is 0 Å². The van der Waals surface area contributed by atoms with E-state index < -0.39 is 5.97 Å². The van der Waals surface area contributed by atoms with Gasteiger partial charge in [-0.15, -0.1) is 11.3 Å². The second kappa shape index (κ2) is 4.38. The molecule has 0 saturated carbocycles. The zero-order valence-corrected chi connectivity index (χ0v) is 11.1. The summed E-state index contributed by atoms with van der Waals surface area (Å²) in [6.45, 7) is 6.65. The van der Waals surface area contributed by atoms with Gasteiger partial charge < -0.3 is 9.84 Å². The van der Waals surface area contributed by atoms with Crippen molar-refractivity contribution in [3.8, 4) is 0 Å². The standard InChI is InChI=1S/C12H17NO3S/c1-7(2)8-9(10(14)15)17-11(13-8)12(3)5-4-6-16-12/h7H,4-6H2,1-3H3,(H,14,15). The van der Waals surface area contributed by atoms with Crippen LogP contribution >= 0.6 is 11.3 Å². The number of hydrogen-bond donors (Lipinski definition) is 1. The zero-order chi connectivity index (χ0) is 12.6. The maximum absolute atomic E-state index is 11.2. The third kappa shape index (κ3) is 2.21. The molecule has 0 aromatic carbocycles. The van der Waals surface area contributed by atoms with Crippen molar-refractivity contribution in [2.75, 3.05) is 6.61 Å². The number of hydrogen-bond acceptors (Lipinski definition) is 4. The Morgan fingerprint density at radius 1 is 1.59 bits per heavy atom. The molecule has 0 radical (unpaired) electrons. The van der Waals surface area contributed by atoms with Crippen LogP contribution < -0.4 is 0 Å². The molecule has 0 aliphatic carbocycles. The maximum atomic E-state index is 11.2. The quantitative estimate of drug-likeness (QED) is 0.902. The Morgan fingerprint density at radius 2 is 2.29 bits per heavy atom. The van der Waals surface area contributed by atoms with E-state index in [9.17, 15) is 9.90 Å². The predicted molar refractivity (Wildman–Crippen MR) is 65.7 cm³/mol. The minimum Gasteiger partial charge on any atom is -0.477 e. The fraction of sp³-hybridized carbons (Fsp3) is 0.667. The highest BCUT2D eigenvalue weighted by molar-refractivity contribution is 7.13. The Bertz CT molecular complexity index is 433. The molecule has 2 heterocycles. The molecule has 1 atom stereocenters.